The summed E-state index contributed by atoms with van der Waals surface area (Å²) in [6.07, 6.45) is 0. The van der Waals surface area contributed by atoms with Crippen LogP contribution in [-0.4, -0.2) is 35.1 Å². The van der Waals surface area contributed by atoms with Crippen LogP contribution in [0.3, 0.4) is 0 Å². The molecule has 0 fully saturated rings. The third kappa shape index (κ3) is 4.73. The Balaban J connectivity index is 2.75. The molecule has 0 saturated heterocycles. The fourth-order valence-electron chi connectivity index (χ4n) is 1.84. The van der Waals surface area contributed by atoms with E-state index in [1.807, 2.05) is 0 Å². The molecule has 5 nitrogen and oxygen atoms in total. The molecular formula is C15H21FN2O3. The number of aliphatic carboxylic acids is 1. The van der Waals surface area contributed by atoms with Crippen LogP contribution in [0.15, 0.2) is 24.3 Å². The fourth-order valence-corrected chi connectivity index (χ4v) is 1.84. The zero-order chi connectivity index (χ0) is 16.2. The first-order valence-electron chi connectivity index (χ1n) is 6.60. The van der Waals surface area contributed by atoms with Crippen LogP contribution in [0.25, 0.3) is 0 Å². The molecule has 0 aliphatic heterocycles. The number of carboxylic acid groups (broad SMARTS) is 1. The van der Waals surface area contributed by atoms with Gasteiger partial charge < -0.3 is 15.3 Å². The molecule has 0 bridgehead atoms. The van der Waals surface area contributed by atoms with Gasteiger partial charge in [0.1, 0.15) is 11.9 Å². The molecule has 0 radical (unpaired) electrons. The maximum absolute atomic E-state index is 13.5. The van der Waals surface area contributed by atoms with Gasteiger partial charge in [-0.05, 0) is 11.5 Å². The highest BCUT2D eigenvalue weighted by molar-refractivity contribution is 5.83. The lowest BCUT2D eigenvalue weighted by atomic mass is 9.87. The minimum atomic E-state index is -1.10. The van der Waals surface area contributed by atoms with Crippen molar-refractivity contribution in [1.82, 2.24) is 10.2 Å². The largest absolute Gasteiger partial charge is 0.480 e. The predicted octanol–water partition coefficient (Wildman–Crippen LogP) is 2.47. The Bertz CT molecular complexity index is 526. The number of nitrogens with one attached hydrogen (secondary N) is 1. The summed E-state index contributed by atoms with van der Waals surface area (Å²) in [5, 5.41) is 11.6. The van der Waals surface area contributed by atoms with Gasteiger partial charge in [-0.3, -0.25) is 0 Å². The number of hydrogen-bond donors (Lipinski definition) is 2. The number of amides is 2. The highest BCUT2D eigenvalue weighted by Gasteiger charge is 2.33. The molecule has 116 valence electrons. The third-order valence-electron chi connectivity index (χ3n) is 3.09. The molecule has 21 heavy (non-hydrogen) atoms. The molecular weight excluding hydrogens is 275 g/mol. The summed E-state index contributed by atoms with van der Waals surface area (Å²) in [6.45, 7) is 5.24. The molecule has 0 aromatic heterocycles. The SMILES string of the molecule is CN(Cc1ccccc1F)C(=O)N[C@H](C(=O)O)C(C)(C)C. The van der Waals surface area contributed by atoms with Gasteiger partial charge in [0.05, 0.1) is 0 Å². The van der Waals surface area contributed by atoms with E-state index >= 15 is 0 Å². The number of hydrogen-bond acceptors (Lipinski definition) is 2. The minimum absolute atomic E-state index is 0.0645. The highest BCUT2D eigenvalue weighted by atomic mass is 19.1. The molecule has 0 spiro atoms. The minimum Gasteiger partial charge on any atom is -0.480 e. The normalized spacial score (nSPS) is 12.6. The maximum Gasteiger partial charge on any atom is 0.326 e. The van der Waals surface area contributed by atoms with Gasteiger partial charge in [-0.15, -0.1) is 0 Å². The van der Waals surface area contributed by atoms with Crippen LogP contribution >= 0.6 is 0 Å². The Morgan fingerprint density at radius 2 is 1.90 bits per heavy atom. The average molecular weight is 296 g/mol. The Kier molecular flexibility index (Phi) is 5.29. The van der Waals surface area contributed by atoms with Gasteiger partial charge in [0, 0.05) is 19.2 Å². The number of benzene rings is 1. The van der Waals surface area contributed by atoms with Crippen molar-refractivity contribution in [1.29, 1.82) is 0 Å². The number of halogens is 1. The van der Waals surface area contributed by atoms with E-state index < -0.39 is 29.3 Å². The van der Waals surface area contributed by atoms with Crippen molar-refractivity contribution in [3.05, 3.63) is 35.6 Å². The Morgan fingerprint density at radius 3 is 2.38 bits per heavy atom. The number of rotatable bonds is 4. The molecule has 0 aliphatic carbocycles. The van der Waals surface area contributed by atoms with E-state index in [0.29, 0.717) is 5.56 Å². The highest BCUT2D eigenvalue weighted by Crippen LogP contribution is 2.19. The van der Waals surface area contributed by atoms with E-state index in [1.54, 1.807) is 39.0 Å². The number of urea groups is 1. The van der Waals surface area contributed by atoms with E-state index in [1.165, 1.54) is 18.0 Å². The molecule has 2 amide bonds. The molecule has 6 heteroatoms. The van der Waals surface area contributed by atoms with Crippen LogP contribution in [-0.2, 0) is 11.3 Å². The van der Waals surface area contributed by atoms with Gasteiger partial charge >= 0.3 is 12.0 Å². The molecule has 1 atom stereocenters. The van der Waals surface area contributed by atoms with E-state index in [4.69, 9.17) is 0 Å². The molecule has 1 rings (SSSR count). The van der Waals surface area contributed by atoms with Crippen LogP contribution in [0.5, 0.6) is 0 Å². The van der Waals surface area contributed by atoms with Gasteiger partial charge in [0.15, 0.2) is 0 Å². The number of carbonyl (C=O) groups is 2. The first kappa shape index (κ1) is 16.9. The van der Waals surface area contributed by atoms with Crippen molar-refractivity contribution in [3.63, 3.8) is 0 Å². The Hall–Kier alpha value is -2.11. The number of carboxylic acids is 1. The predicted molar refractivity (Wildman–Crippen MR) is 77.3 cm³/mol. The van der Waals surface area contributed by atoms with Crippen molar-refractivity contribution >= 4 is 12.0 Å². The quantitative estimate of drug-likeness (QED) is 0.896. The van der Waals surface area contributed by atoms with Crippen LogP contribution < -0.4 is 5.32 Å². The van der Waals surface area contributed by atoms with Gasteiger partial charge in [0.25, 0.3) is 0 Å². The molecule has 0 heterocycles. The summed E-state index contributed by atoms with van der Waals surface area (Å²) in [7, 11) is 1.49. The standard InChI is InChI=1S/C15H21FN2O3/c1-15(2,3)12(13(19)20)17-14(21)18(4)9-10-7-5-6-8-11(10)16/h5-8,12H,9H2,1-4H3,(H,17,21)(H,19,20)/t12-/m1/s1. The summed E-state index contributed by atoms with van der Waals surface area (Å²) in [6, 6.07) is 4.57. The summed E-state index contributed by atoms with van der Waals surface area (Å²) in [5.41, 5.74) is -0.252. The second-order valence-corrected chi connectivity index (χ2v) is 6.03. The van der Waals surface area contributed by atoms with Crippen molar-refractivity contribution in [2.75, 3.05) is 7.05 Å². The van der Waals surface area contributed by atoms with Gasteiger partial charge in [-0.1, -0.05) is 39.0 Å². The Labute approximate surface area is 123 Å². The first-order valence-corrected chi connectivity index (χ1v) is 6.60. The topological polar surface area (TPSA) is 69.6 Å². The summed E-state index contributed by atoms with van der Waals surface area (Å²) < 4.78 is 13.5. The molecule has 2 N–H and O–H groups in total. The van der Waals surface area contributed by atoms with Gasteiger partial charge in [-0.25, -0.2) is 14.0 Å². The van der Waals surface area contributed by atoms with Crippen LogP contribution in [0.2, 0.25) is 0 Å². The molecule has 1 aromatic carbocycles. The van der Waals surface area contributed by atoms with E-state index in [0.717, 1.165) is 0 Å². The van der Waals surface area contributed by atoms with Gasteiger partial charge in [0.2, 0.25) is 0 Å². The summed E-state index contributed by atoms with van der Waals surface area (Å²) in [5.74, 6) is -1.50. The fraction of sp³-hybridized carbons (Fsp3) is 0.467. The van der Waals surface area contributed by atoms with Gasteiger partial charge in [-0.2, -0.15) is 0 Å². The lowest BCUT2D eigenvalue weighted by Crippen LogP contribution is -2.52. The molecule has 0 saturated carbocycles. The van der Waals surface area contributed by atoms with E-state index in [-0.39, 0.29) is 6.54 Å². The van der Waals surface area contributed by atoms with Crippen molar-refractivity contribution in [2.24, 2.45) is 5.41 Å². The summed E-state index contributed by atoms with van der Waals surface area (Å²) >= 11 is 0. The van der Waals surface area contributed by atoms with Crippen LogP contribution in [0, 0.1) is 11.2 Å². The molecule has 0 aliphatic rings. The van der Waals surface area contributed by atoms with Crippen LogP contribution in [0.4, 0.5) is 9.18 Å². The third-order valence-corrected chi connectivity index (χ3v) is 3.09. The average Bonchev–Trinajstić information content (AvgIpc) is 2.36. The van der Waals surface area contributed by atoms with Crippen LogP contribution in [0.1, 0.15) is 26.3 Å². The summed E-state index contributed by atoms with van der Waals surface area (Å²) in [4.78, 5) is 24.5. The second-order valence-electron chi connectivity index (χ2n) is 6.03. The van der Waals surface area contributed by atoms with Crippen molar-refractivity contribution in [3.8, 4) is 0 Å². The molecule has 1 aromatic rings. The lowest BCUT2D eigenvalue weighted by Gasteiger charge is -2.29. The monoisotopic (exact) mass is 296 g/mol. The number of carbonyl (C=O) groups excluding carboxylic acids is 1. The van der Waals surface area contributed by atoms with E-state index in [9.17, 15) is 19.1 Å². The first-order chi connectivity index (χ1) is 9.62. The van der Waals surface area contributed by atoms with E-state index in [2.05, 4.69) is 5.32 Å². The van der Waals surface area contributed by atoms with Crippen molar-refractivity contribution in [2.45, 2.75) is 33.4 Å². The lowest BCUT2D eigenvalue weighted by molar-refractivity contribution is -0.142. The second kappa shape index (κ2) is 6.56. The van der Waals surface area contributed by atoms with Crippen molar-refractivity contribution < 1.29 is 19.1 Å². The number of nitrogens with zero attached hydrogens (tertiary/aromatic N) is 1. The smallest absolute Gasteiger partial charge is 0.326 e. The molecule has 0 unspecified atom stereocenters. The Morgan fingerprint density at radius 1 is 1.33 bits per heavy atom. The zero-order valence-electron chi connectivity index (χ0n) is 12.7. The zero-order valence-corrected chi connectivity index (χ0v) is 12.7. The maximum atomic E-state index is 13.5.